The molecule has 3 aliphatic heterocycles. The van der Waals surface area contributed by atoms with Crippen molar-refractivity contribution >= 4 is 23.4 Å². The van der Waals surface area contributed by atoms with Gasteiger partial charge in [-0.25, -0.2) is 4.79 Å². The van der Waals surface area contributed by atoms with Crippen molar-refractivity contribution in [2.75, 3.05) is 11.9 Å². The summed E-state index contributed by atoms with van der Waals surface area (Å²) in [6.07, 6.45) is 1.80. The number of anilines is 1. The number of carbonyl (C=O) groups excluding carboxylic acids is 3. The van der Waals surface area contributed by atoms with Gasteiger partial charge in [-0.05, 0) is 109 Å². The highest BCUT2D eigenvalue weighted by molar-refractivity contribution is 5.89. The van der Waals surface area contributed by atoms with Crippen LogP contribution in [0, 0.1) is 29.6 Å². The molecule has 0 radical (unpaired) electrons. The number of carbonyl (C=O) groups is 3. The number of fused-ring (bicyclic) bond motifs is 7. The number of hydrogen-bond acceptors (Lipinski definition) is 11. The topological polar surface area (TPSA) is 183 Å². The molecule has 10 bridgehead atoms. The molecule has 2 aliphatic carbocycles. The van der Waals surface area contributed by atoms with Crippen LogP contribution < -0.4 is 10.1 Å². The van der Waals surface area contributed by atoms with Gasteiger partial charge in [-0.1, -0.05) is 55.5 Å². The zero-order valence-corrected chi connectivity index (χ0v) is 34.3. The van der Waals surface area contributed by atoms with Crippen molar-refractivity contribution in [3.05, 3.63) is 99.1 Å². The maximum atomic E-state index is 15.0. The van der Waals surface area contributed by atoms with Crippen molar-refractivity contribution < 1.29 is 49.4 Å². The molecule has 0 aromatic heterocycles. The third-order valence-corrected chi connectivity index (χ3v) is 13.5. The Kier molecular flexibility index (Phi) is 11.9. The summed E-state index contributed by atoms with van der Waals surface area (Å²) < 4.78 is 12.4. The molecule has 0 saturated heterocycles. The van der Waals surface area contributed by atoms with E-state index in [9.17, 15) is 39.9 Å². The van der Waals surface area contributed by atoms with Gasteiger partial charge in [0.05, 0.1) is 31.2 Å². The standard InChI is InChI=1S/C49H55NO10/c1-3-38-46(56)34-22-40-32(24-45(55)60-47(38)40)10-9-31(33-15-30(26-51)16-36(20-33)50-25-27(2)52)19-35-21-37(53)17-28-6-4-7-29(14-28)18-41-39-8-5-13-49(58,42(39)11-12-43(41)54)44(23-34)59-48(35)57/h4,6-7,14-16,20-22,27,31-32,37,39,41-42,44,50-53,56,58H,3,5,8,11-13,17-19,23-26H2,1-2H3/b35-21-/t27-,31-,32+,37+,39-,41-,42+,44+,49-/m0/s1. The molecule has 0 amide bonds. The van der Waals surface area contributed by atoms with Crippen LogP contribution in [0.25, 0.3) is 0 Å². The van der Waals surface area contributed by atoms with E-state index in [1.165, 1.54) is 6.08 Å². The smallest absolute Gasteiger partial charge is 0.334 e. The van der Waals surface area contributed by atoms with Crippen molar-refractivity contribution in [3.63, 3.8) is 0 Å². The molecule has 0 unspecified atom stereocenters. The normalized spacial score (nSPS) is 30.3. The van der Waals surface area contributed by atoms with Crippen LogP contribution in [0.4, 0.5) is 5.69 Å². The summed E-state index contributed by atoms with van der Waals surface area (Å²) in [5, 5.41) is 60.4. The van der Waals surface area contributed by atoms with Gasteiger partial charge in [0, 0.05) is 60.0 Å². The van der Waals surface area contributed by atoms with E-state index in [1.807, 2.05) is 37.3 Å². The minimum absolute atomic E-state index is 0.0332. The number of hydrogen-bond donors (Lipinski definition) is 6. The molecule has 11 heteroatoms. The Morgan fingerprint density at radius 3 is 2.52 bits per heavy atom. The number of aliphatic hydroxyl groups is 4. The second-order valence-corrected chi connectivity index (χ2v) is 17.6. The molecule has 6 N–H and O–H groups in total. The summed E-state index contributed by atoms with van der Waals surface area (Å²) in [5.41, 5.74) is 3.67. The van der Waals surface area contributed by atoms with E-state index < -0.39 is 47.7 Å². The van der Waals surface area contributed by atoms with Crippen LogP contribution in [0.3, 0.4) is 0 Å². The Hall–Kier alpha value is -4.99. The first-order valence-electron chi connectivity index (χ1n) is 21.5. The summed E-state index contributed by atoms with van der Waals surface area (Å²) in [4.78, 5) is 41.9. The van der Waals surface area contributed by atoms with Gasteiger partial charge in [0.2, 0.25) is 0 Å². The number of esters is 2. The average Bonchev–Trinajstić information content (AvgIpc) is 3.22. The van der Waals surface area contributed by atoms with E-state index >= 15 is 0 Å². The maximum absolute atomic E-state index is 15.0. The fraction of sp³-hybridized carbons (Fsp3) is 0.490. The van der Waals surface area contributed by atoms with Crippen molar-refractivity contribution in [2.45, 2.75) is 127 Å². The van der Waals surface area contributed by atoms with Crippen LogP contribution in [0.1, 0.15) is 110 Å². The number of Topliss-reactive ketones (excluding diaryl/α,β-unsaturated/α-hetero) is 1. The van der Waals surface area contributed by atoms with Gasteiger partial charge in [-0.3, -0.25) is 9.59 Å². The number of phenols is 1. The first-order valence-corrected chi connectivity index (χ1v) is 21.5. The van der Waals surface area contributed by atoms with Crippen LogP contribution in [0.5, 0.6) is 11.5 Å². The highest BCUT2D eigenvalue weighted by atomic mass is 16.6. The molecule has 0 spiro atoms. The minimum atomic E-state index is -1.57. The van der Waals surface area contributed by atoms with Gasteiger partial charge in [0.15, 0.2) is 0 Å². The maximum Gasteiger partial charge on any atom is 0.334 e. The molecule has 3 aromatic rings. The monoisotopic (exact) mass is 817 g/mol. The molecule has 3 heterocycles. The lowest BCUT2D eigenvalue weighted by atomic mass is 9.56. The van der Waals surface area contributed by atoms with E-state index in [2.05, 4.69) is 17.2 Å². The van der Waals surface area contributed by atoms with Gasteiger partial charge in [-0.15, -0.1) is 0 Å². The molecule has 11 nitrogen and oxygen atoms in total. The molecule has 2 saturated carbocycles. The van der Waals surface area contributed by atoms with Crippen LogP contribution in [0.2, 0.25) is 0 Å². The van der Waals surface area contributed by atoms with Gasteiger partial charge < -0.3 is 40.3 Å². The fourth-order valence-corrected chi connectivity index (χ4v) is 10.6. The Morgan fingerprint density at radius 2 is 1.75 bits per heavy atom. The number of aromatic hydroxyl groups is 1. The first-order chi connectivity index (χ1) is 28.8. The number of ketones is 1. The molecule has 8 rings (SSSR count). The van der Waals surface area contributed by atoms with Gasteiger partial charge in [-0.2, -0.15) is 0 Å². The zero-order valence-electron chi connectivity index (χ0n) is 34.3. The minimum Gasteiger partial charge on any atom is -0.507 e. The first kappa shape index (κ1) is 41.7. The molecule has 9 atom stereocenters. The number of benzene rings is 3. The average molecular weight is 818 g/mol. The summed E-state index contributed by atoms with van der Waals surface area (Å²) in [7, 11) is 0. The SMILES string of the molecule is CCc1c(O)c2cc3c1OC(=O)C[C@H]3C#C[C@H](c1cc(CO)cc(NC[C@H](C)O)c1)C/C1=C/[C@H](O)Cc3cccc(c3)C[C@@H]3C(=O)CC[C@@H]4[C@H]3CCC[C@@]4(O)[C@@H](C2)OC1=O. The number of phenolic OH excluding ortho intramolecular Hbond substituents is 1. The quantitative estimate of drug-likeness (QED) is 0.105. The van der Waals surface area contributed by atoms with Crippen LogP contribution >= 0.6 is 0 Å². The number of rotatable bonds is 6. The molecule has 316 valence electrons. The third kappa shape index (κ3) is 8.35. The molecular formula is C49H55NO10. The number of nitrogens with one attached hydrogen (secondary N) is 1. The predicted molar refractivity (Wildman–Crippen MR) is 223 cm³/mol. The van der Waals surface area contributed by atoms with E-state index in [0.29, 0.717) is 65.6 Å². The molecule has 3 aromatic carbocycles. The van der Waals surface area contributed by atoms with Crippen LogP contribution in [0.15, 0.2) is 60.2 Å². The van der Waals surface area contributed by atoms with Gasteiger partial charge in [0.1, 0.15) is 29.0 Å². The van der Waals surface area contributed by atoms with E-state index in [4.69, 9.17) is 9.47 Å². The third-order valence-electron chi connectivity index (χ3n) is 13.5. The van der Waals surface area contributed by atoms with E-state index in [-0.39, 0.29) is 85.9 Å². The van der Waals surface area contributed by atoms with Crippen molar-refractivity contribution in [2.24, 2.45) is 17.8 Å². The van der Waals surface area contributed by atoms with E-state index in [1.54, 1.807) is 25.1 Å². The van der Waals surface area contributed by atoms with Gasteiger partial charge in [0.25, 0.3) is 0 Å². The highest BCUT2D eigenvalue weighted by Gasteiger charge is 2.55. The van der Waals surface area contributed by atoms with Gasteiger partial charge >= 0.3 is 11.9 Å². The largest absolute Gasteiger partial charge is 0.507 e. The van der Waals surface area contributed by atoms with Crippen molar-refractivity contribution in [1.29, 1.82) is 0 Å². The van der Waals surface area contributed by atoms with Crippen molar-refractivity contribution in [1.82, 2.24) is 0 Å². The van der Waals surface area contributed by atoms with E-state index in [0.717, 1.165) is 17.5 Å². The Morgan fingerprint density at radius 1 is 0.967 bits per heavy atom. The highest BCUT2D eigenvalue weighted by Crippen LogP contribution is 2.52. The summed E-state index contributed by atoms with van der Waals surface area (Å²) >= 11 is 0. The lowest BCUT2D eigenvalue weighted by Gasteiger charge is -2.52. The molecule has 60 heavy (non-hydrogen) atoms. The molecule has 5 aliphatic rings. The Balaban J connectivity index is 1.34. The second kappa shape index (κ2) is 17.2. The zero-order chi connectivity index (χ0) is 42.3. The lowest BCUT2D eigenvalue weighted by molar-refractivity contribution is -0.191. The summed E-state index contributed by atoms with van der Waals surface area (Å²) in [6.45, 7) is 3.46. The number of ether oxygens (including phenoxy) is 2. The predicted octanol–water partition coefficient (Wildman–Crippen LogP) is 5.49. The Labute approximate surface area is 350 Å². The van der Waals surface area contributed by atoms with Crippen LogP contribution in [-0.4, -0.2) is 73.7 Å². The molecule has 2 fully saturated rings. The second-order valence-electron chi connectivity index (χ2n) is 17.6. The van der Waals surface area contributed by atoms with Crippen molar-refractivity contribution in [3.8, 4) is 23.3 Å². The van der Waals surface area contributed by atoms with Crippen LogP contribution in [-0.2, 0) is 51.4 Å². The molecular weight excluding hydrogens is 763 g/mol. The Bertz CT molecular complexity index is 2270. The fourth-order valence-electron chi connectivity index (χ4n) is 10.6. The lowest BCUT2D eigenvalue weighted by Crippen LogP contribution is -2.59. The number of aliphatic hydroxyl groups excluding tert-OH is 3. The summed E-state index contributed by atoms with van der Waals surface area (Å²) in [5.74, 6) is 3.55. The summed E-state index contributed by atoms with van der Waals surface area (Å²) in [6, 6.07) is 15.0.